The van der Waals surface area contributed by atoms with Gasteiger partial charge in [-0.25, -0.2) is 0 Å². The van der Waals surface area contributed by atoms with Crippen LogP contribution in [0.15, 0.2) is 82.0 Å². The second-order valence-electron chi connectivity index (χ2n) is 12.2. The van der Waals surface area contributed by atoms with Crippen molar-refractivity contribution in [2.24, 2.45) is 0 Å². The zero-order valence-corrected chi connectivity index (χ0v) is 26.2. The maximum absolute atomic E-state index is 14.7. The zero-order valence-electron chi connectivity index (χ0n) is 26.2. The molecule has 51 heavy (non-hydrogen) atoms. The molecule has 0 amide bonds. The van der Waals surface area contributed by atoms with Gasteiger partial charge in [-0.3, -0.25) is 9.59 Å². The minimum absolute atomic E-state index is 0.0725. The second kappa shape index (κ2) is 12.8. The van der Waals surface area contributed by atoms with Crippen LogP contribution in [0.5, 0.6) is 40.2 Å². The maximum atomic E-state index is 14.7. The van der Waals surface area contributed by atoms with E-state index in [0.29, 0.717) is 5.56 Å². The van der Waals surface area contributed by atoms with Crippen LogP contribution in [-0.4, -0.2) is 89.1 Å². The molecule has 3 heterocycles. The Morgan fingerprint density at radius 1 is 0.725 bits per heavy atom. The van der Waals surface area contributed by atoms with E-state index in [0.717, 1.165) is 24.3 Å². The molecule has 7 atom stereocenters. The lowest BCUT2D eigenvalue weighted by Gasteiger charge is -2.40. The Kier molecular flexibility index (Phi) is 8.45. The molecule has 0 aliphatic carbocycles. The third-order valence-corrected chi connectivity index (χ3v) is 8.91. The summed E-state index contributed by atoms with van der Waals surface area (Å²) < 4.78 is 24.1. The lowest BCUT2D eigenvalue weighted by molar-refractivity contribution is -0.277. The average Bonchev–Trinajstić information content (AvgIpc) is 3.09. The summed E-state index contributed by atoms with van der Waals surface area (Å²) in [6, 6.07) is 15.1. The number of rotatable bonds is 6. The van der Waals surface area contributed by atoms with Gasteiger partial charge in [-0.1, -0.05) is 12.1 Å². The molecule has 15 heteroatoms. The van der Waals surface area contributed by atoms with E-state index in [2.05, 4.69) is 0 Å². The van der Waals surface area contributed by atoms with Crippen molar-refractivity contribution < 1.29 is 69.4 Å². The first-order chi connectivity index (χ1) is 24.4. The molecule has 1 fully saturated rings. The van der Waals surface area contributed by atoms with Crippen LogP contribution in [0.1, 0.15) is 33.5 Å². The molecule has 4 aromatic carbocycles. The molecule has 0 saturated carbocycles. The van der Waals surface area contributed by atoms with E-state index < -0.39 is 94.5 Å². The molecule has 9 N–H and O–H groups in total. The molecule has 1 aromatic heterocycles. The lowest BCUT2D eigenvalue weighted by Crippen LogP contribution is -2.60. The first-order valence-electron chi connectivity index (χ1n) is 15.5. The number of phenolic OH excluding ortho intramolecular Hbond substituents is 5. The van der Waals surface area contributed by atoms with Gasteiger partial charge in [0.25, 0.3) is 0 Å². The number of Topliss-reactive ketones (excluding diaryl/α,β-unsaturated/α-hetero) is 1. The van der Waals surface area contributed by atoms with Crippen molar-refractivity contribution in [3.05, 3.63) is 99.7 Å². The number of phenols is 5. The summed E-state index contributed by atoms with van der Waals surface area (Å²) in [4.78, 5) is 28.4. The van der Waals surface area contributed by atoms with Crippen molar-refractivity contribution >= 4 is 16.8 Å². The number of aliphatic hydroxyl groups is 4. The van der Waals surface area contributed by atoms with Crippen LogP contribution in [0.25, 0.3) is 22.3 Å². The van der Waals surface area contributed by atoms with Crippen LogP contribution in [0.4, 0.5) is 0 Å². The summed E-state index contributed by atoms with van der Waals surface area (Å²) in [6.07, 6.45) is -10.2. The fraction of sp³-hybridized carbons (Fsp3) is 0.222. The van der Waals surface area contributed by atoms with Gasteiger partial charge in [-0.05, 0) is 42.0 Å². The van der Waals surface area contributed by atoms with Gasteiger partial charge in [0.05, 0.1) is 18.1 Å². The van der Waals surface area contributed by atoms with E-state index in [1.807, 2.05) is 0 Å². The number of aromatic hydroxyl groups is 5. The predicted octanol–water partition coefficient (Wildman–Crippen LogP) is 2.27. The number of carbonyl (C=O) groups excluding carboxylic acids is 1. The lowest BCUT2D eigenvalue weighted by atomic mass is 9.79. The van der Waals surface area contributed by atoms with Gasteiger partial charge >= 0.3 is 0 Å². The molecule has 264 valence electrons. The molecule has 0 radical (unpaired) electrons. The molecule has 0 bridgehead atoms. The fourth-order valence-corrected chi connectivity index (χ4v) is 6.39. The number of aliphatic hydroxyl groups excluding tert-OH is 4. The highest BCUT2D eigenvalue weighted by Crippen LogP contribution is 2.52. The smallest absolute Gasteiger partial charge is 0.229 e. The maximum Gasteiger partial charge on any atom is 0.229 e. The zero-order chi connectivity index (χ0) is 36.3. The van der Waals surface area contributed by atoms with Gasteiger partial charge in [-0.15, -0.1) is 0 Å². The Hall–Kier alpha value is -5.84. The van der Waals surface area contributed by atoms with Gasteiger partial charge in [0.2, 0.25) is 6.29 Å². The number of ketones is 1. The molecular formula is C36H30O15. The molecule has 1 saturated heterocycles. The van der Waals surface area contributed by atoms with E-state index >= 15 is 0 Å². The Balaban J connectivity index is 1.53. The highest BCUT2D eigenvalue weighted by molar-refractivity contribution is 6.09. The Morgan fingerprint density at radius 3 is 2.06 bits per heavy atom. The monoisotopic (exact) mass is 702 g/mol. The number of hydrogen-bond acceptors (Lipinski definition) is 15. The Bertz CT molecular complexity index is 2190. The minimum atomic E-state index is -1.94. The number of benzene rings is 4. The topological polar surface area (TPSA) is 257 Å². The number of ether oxygens (including phenoxy) is 3. The quantitative estimate of drug-likeness (QED) is 0.123. The molecule has 0 unspecified atom stereocenters. The Morgan fingerprint density at radius 2 is 1.39 bits per heavy atom. The van der Waals surface area contributed by atoms with Crippen LogP contribution in [0.2, 0.25) is 0 Å². The predicted molar refractivity (Wildman–Crippen MR) is 174 cm³/mol. The van der Waals surface area contributed by atoms with Crippen LogP contribution < -0.4 is 14.9 Å². The van der Waals surface area contributed by atoms with E-state index in [4.69, 9.17) is 18.6 Å². The van der Waals surface area contributed by atoms with Crippen LogP contribution in [-0.2, 0) is 4.74 Å². The second-order valence-corrected chi connectivity index (χ2v) is 12.2. The van der Waals surface area contributed by atoms with E-state index in [9.17, 15) is 55.5 Å². The van der Waals surface area contributed by atoms with Gasteiger partial charge < -0.3 is 64.6 Å². The average molecular weight is 703 g/mol. The highest BCUT2D eigenvalue weighted by Gasteiger charge is 2.48. The molecule has 7 rings (SSSR count). The third kappa shape index (κ3) is 5.82. The largest absolute Gasteiger partial charge is 0.508 e. The Labute approximate surface area is 286 Å². The van der Waals surface area contributed by atoms with Crippen LogP contribution in [0, 0.1) is 0 Å². The minimum Gasteiger partial charge on any atom is -0.508 e. The molecule has 5 aromatic rings. The molecule has 0 spiro atoms. The van der Waals surface area contributed by atoms with Crippen molar-refractivity contribution in [2.45, 2.75) is 42.7 Å². The fourth-order valence-electron chi connectivity index (χ4n) is 6.39. The number of fused-ring (bicyclic) bond motifs is 2. The highest BCUT2D eigenvalue weighted by atomic mass is 16.7. The summed E-state index contributed by atoms with van der Waals surface area (Å²) in [5, 5.41) is 93.3. The van der Waals surface area contributed by atoms with Crippen molar-refractivity contribution in [3.63, 3.8) is 0 Å². The summed E-state index contributed by atoms with van der Waals surface area (Å²) in [5.41, 5.74) is -1.23. The van der Waals surface area contributed by atoms with Crippen LogP contribution in [0.3, 0.4) is 0 Å². The van der Waals surface area contributed by atoms with Crippen LogP contribution >= 0.6 is 0 Å². The number of carbonyl (C=O) groups is 1. The molecule has 2 aliphatic rings. The summed E-state index contributed by atoms with van der Waals surface area (Å²) in [5.74, 6) is -5.16. The van der Waals surface area contributed by atoms with Gasteiger partial charge in [0.15, 0.2) is 11.2 Å². The molecule has 2 aliphatic heterocycles. The van der Waals surface area contributed by atoms with Crippen molar-refractivity contribution in [1.29, 1.82) is 0 Å². The standard InChI is InChI=1S/C36H30O15/c37-13-25-30(44)32(46)33(47)36(51-25)50-24-12-21(43)26-20(42)11-22(14-1-5-16(38)6-2-14)48-35(26)28(24)29-31(45)27-19(41)9-18(40)10-23(27)49-34(29)15-3-7-17(39)8-4-15/h1-12,25,29-30,32-34,36-41,43-44,46-47H,13H2/t25-,29-,30-,32+,33-,34+,36-/m1/s1. The van der Waals surface area contributed by atoms with Gasteiger partial charge in [0, 0.05) is 29.8 Å². The first-order valence-corrected chi connectivity index (χ1v) is 15.5. The van der Waals surface area contributed by atoms with Crippen molar-refractivity contribution in [3.8, 4) is 51.6 Å². The van der Waals surface area contributed by atoms with Gasteiger partial charge in [0.1, 0.15) is 93.1 Å². The summed E-state index contributed by atoms with van der Waals surface area (Å²) in [6.45, 7) is -0.799. The SMILES string of the molecule is O=C1c2c(O)cc(O)cc2O[C@@H](c2ccc(O)cc2)[C@@H]1c1c(O[C@@H]2O[C@H](CO)[C@@H](O)[C@H](O)[C@H]2O)cc(O)c2c(=O)cc(-c3ccc(O)cc3)oc12. The van der Waals surface area contributed by atoms with E-state index in [-0.39, 0.29) is 39.7 Å². The van der Waals surface area contributed by atoms with Crippen molar-refractivity contribution in [2.75, 3.05) is 6.61 Å². The van der Waals surface area contributed by atoms with E-state index in [1.165, 1.54) is 48.5 Å². The van der Waals surface area contributed by atoms with Gasteiger partial charge in [-0.2, -0.15) is 0 Å². The van der Waals surface area contributed by atoms with Crippen molar-refractivity contribution in [1.82, 2.24) is 0 Å². The third-order valence-electron chi connectivity index (χ3n) is 8.91. The normalized spacial score (nSPS) is 24.5. The van der Waals surface area contributed by atoms with E-state index in [1.54, 1.807) is 0 Å². The summed E-state index contributed by atoms with van der Waals surface area (Å²) in [7, 11) is 0. The number of hydrogen-bond donors (Lipinski definition) is 9. The first kappa shape index (κ1) is 33.6. The summed E-state index contributed by atoms with van der Waals surface area (Å²) >= 11 is 0. The molecule has 15 nitrogen and oxygen atoms in total. The molecular weight excluding hydrogens is 672 g/mol.